The first kappa shape index (κ1) is 15.4. The van der Waals surface area contributed by atoms with Gasteiger partial charge in [0, 0.05) is 58.5 Å². The molecular formula is C14H26N4O2. The minimum absolute atomic E-state index is 0.114. The predicted octanol–water partition coefficient (Wildman–Crippen LogP) is 0.770. The minimum atomic E-state index is -0.215. The lowest BCUT2D eigenvalue weighted by Gasteiger charge is -2.42. The Hall–Kier alpha value is -0.950. The number of aromatic nitrogens is 2. The highest BCUT2D eigenvalue weighted by Gasteiger charge is 2.40. The Morgan fingerprint density at radius 3 is 2.85 bits per heavy atom. The molecule has 2 heterocycles. The number of hydrazine groups is 1. The van der Waals surface area contributed by atoms with Crippen LogP contribution in [0.1, 0.15) is 32.0 Å². The maximum Gasteiger partial charge on any atom is 0.108 e. The second-order valence-electron chi connectivity index (χ2n) is 5.32. The molecule has 0 aliphatic carbocycles. The van der Waals surface area contributed by atoms with Crippen molar-refractivity contribution in [3.8, 4) is 0 Å². The Bertz CT molecular complexity index is 396. The predicted molar refractivity (Wildman–Crippen MR) is 77.1 cm³/mol. The van der Waals surface area contributed by atoms with Gasteiger partial charge in [-0.15, -0.1) is 0 Å². The molecule has 6 nitrogen and oxygen atoms in total. The summed E-state index contributed by atoms with van der Waals surface area (Å²) in [5, 5.41) is 0. The van der Waals surface area contributed by atoms with Crippen LogP contribution in [0.25, 0.3) is 0 Å². The van der Waals surface area contributed by atoms with Gasteiger partial charge < -0.3 is 14.0 Å². The molecule has 1 unspecified atom stereocenters. The summed E-state index contributed by atoms with van der Waals surface area (Å²) in [4.78, 5) is 4.36. The van der Waals surface area contributed by atoms with E-state index in [0.717, 1.165) is 44.7 Å². The van der Waals surface area contributed by atoms with Crippen LogP contribution in [0.15, 0.2) is 12.4 Å². The number of hydrogen-bond acceptors (Lipinski definition) is 5. The van der Waals surface area contributed by atoms with Gasteiger partial charge in [-0.2, -0.15) is 0 Å². The largest absolute Gasteiger partial charge is 0.381 e. The number of nitrogens with one attached hydrogen (secondary N) is 1. The highest BCUT2D eigenvalue weighted by atomic mass is 16.5. The van der Waals surface area contributed by atoms with E-state index in [-0.39, 0.29) is 11.6 Å². The summed E-state index contributed by atoms with van der Waals surface area (Å²) in [6.45, 7) is 4.20. The van der Waals surface area contributed by atoms with Crippen molar-refractivity contribution >= 4 is 0 Å². The van der Waals surface area contributed by atoms with Crippen LogP contribution < -0.4 is 11.3 Å². The lowest BCUT2D eigenvalue weighted by atomic mass is 9.83. The summed E-state index contributed by atoms with van der Waals surface area (Å²) in [6.07, 6.45) is 7.35. The summed E-state index contributed by atoms with van der Waals surface area (Å²) >= 11 is 0. The Morgan fingerprint density at radius 2 is 2.30 bits per heavy atom. The molecule has 1 saturated heterocycles. The Balaban J connectivity index is 2.02. The molecule has 0 radical (unpaired) electrons. The minimum Gasteiger partial charge on any atom is -0.381 e. The van der Waals surface area contributed by atoms with E-state index >= 15 is 0 Å². The summed E-state index contributed by atoms with van der Waals surface area (Å²) < 4.78 is 13.6. The molecule has 0 amide bonds. The molecule has 1 aliphatic heterocycles. The second kappa shape index (κ2) is 7.17. The molecule has 114 valence electrons. The number of ether oxygens (including phenoxy) is 2. The van der Waals surface area contributed by atoms with Gasteiger partial charge >= 0.3 is 0 Å². The van der Waals surface area contributed by atoms with Crippen molar-refractivity contribution in [3.63, 3.8) is 0 Å². The van der Waals surface area contributed by atoms with E-state index in [1.807, 2.05) is 30.9 Å². The lowest BCUT2D eigenvalue weighted by molar-refractivity contribution is -0.128. The Labute approximate surface area is 120 Å². The fraction of sp³-hybridized carbons (Fsp3) is 0.786. The highest BCUT2D eigenvalue weighted by molar-refractivity contribution is 4.98. The lowest BCUT2D eigenvalue weighted by Crippen LogP contribution is -2.57. The molecule has 0 bridgehead atoms. The number of hydrogen-bond donors (Lipinski definition) is 2. The maximum absolute atomic E-state index is 6.07. The summed E-state index contributed by atoms with van der Waals surface area (Å²) in [7, 11) is 2.01. The number of imidazole rings is 1. The van der Waals surface area contributed by atoms with E-state index in [9.17, 15) is 0 Å². The molecule has 0 saturated carbocycles. The molecule has 1 aromatic rings. The fourth-order valence-corrected chi connectivity index (χ4v) is 3.01. The smallest absolute Gasteiger partial charge is 0.108 e. The van der Waals surface area contributed by atoms with Crippen molar-refractivity contribution in [1.29, 1.82) is 0 Å². The van der Waals surface area contributed by atoms with Crippen LogP contribution >= 0.6 is 0 Å². The van der Waals surface area contributed by atoms with E-state index < -0.39 is 0 Å². The average molecular weight is 282 g/mol. The van der Waals surface area contributed by atoms with E-state index in [1.54, 1.807) is 0 Å². The molecule has 6 heteroatoms. The van der Waals surface area contributed by atoms with Gasteiger partial charge in [0.2, 0.25) is 0 Å². The number of nitrogens with zero attached hydrogens (tertiary/aromatic N) is 2. The van der Waals surface area contributed by atoms with Crippen molar-refractivity contribution in [2.75, 3.05) is 19.8 Å². The van der Waals surface area contributed by atoms with Crippen LogP contribution in [0.4, 0.5) is 0 Å². The first-order valence-electron chi connectivity index (χ1n) is 7.36. The SMILES string of the molecule is CCOC1(C(CCc2nccn2C)NN)CCOCC1. The number of rotatable bonds is 7. The molecule has 1 fully saturated rings. The molecule has 20 heavy (non-hydrogen) atoms. The Morgan fingerprint density at radius 1 is 1.55 bits per heavy atom. The standard InChI is InChI=1S/C14H26N4O2/c1-3-20-14(6-10-19-11-7-14)12(17-15)4-5-13-16-8-9-18(13)2/h8-9,12,17H,3-7,10-11,15H2,1-2H3. The topological polar surface area (TPSA) is 74.3 Å². The van der Waals surface area contributed by atoms with Crippen molar-refractivity contribution in [1.82, 2.24) is 15.0 Å². The van der Waals surface area contributed by atoms with Gasteiger partial charge in [-0.25, -0.2) is 4.98 Å². The van der Waals surface area contributed by atoms with Gasteiger partial charge in [-0.3, -0.25) is 11.3 Å². The van der Waals surface area contributed by atoms with Gasteiger partial charge in [0.05, 0.1) is 11.6 Å². The molecule has 1 aromatic heterocycles. The van der Waals surface area contributed by atoms with Crippen molar-refractivity contribution < 1.29 is 9.47 Å². The summed E-state index contributed by atoms with van der Waals surface area (Å²) in [5.41, 5.74) is 2.75. The third-order valence-corrected chi connectivity index (χ3v) is 4.18. The van der Waals surface area contributed by atoms with Gasteiger partial charge in [0.1, 0.15) is 5.82 Å². The Kier molecular flexibility index (Phi) is 5.54. The number of nitrogens with two attached hydrogens (primary N) is 1. The maximum atomic E-state index is 6.07. The van der Waals surface area contributed by atoms with Gasteiger partial charge in [0.25, 0.3) is 0 Å². The second-order valence-corrected chi connectivity index (χ2v) is 5.32. The summed E-state index contributed by atoms with van der Waals surface area (Å²) in [5.74, 6) is 6.87. The first-order chi connectivity index (χ1) is 9.72. The van der Waals surface area contributed by atoms with Gasteiger partial charge in [-0.1, -0.05) is 0 Å². The van der Waals surface area contributed by atoms with Crippen molar-refractivity contribution in [2.45, 2.75) is 44.2 Å². The van der Waals surface area contributed by atoms with Crippen LogP contribution in [-0.2, 0) is 22.9 Å². The zero-order chi connectivity index (χ0) is 14.4. The summed E-state index contributed by atoms with van der Waals surface area (Å²) in [6, 6.07) is 0.114. The van der Waals surface area contributed by atoms with E-state index in [1.165, 1.54) is 0 Å². The zero-order valence-corrected chi connectivity index (χ0v) is 12.5. The quantitative estimate of drug-likeness (QED) is 0.571. The van der Waals surface area contributed by atoms with Gasteiger partial charge in [0.15, 0.2) is 0 Å². The third-order valence-electron chi connectivity index (χ3n) is 4.18. The van der Waals surface area contributed by atoms with Crippen LogP contribution in [0.2, 0.25) is 0 Å². The fourth-order valence-electron chi connectivity index (χ4n) is 3.01. The van der Waals surface area contributed by atoms with Crippen LogP contribution in [0.3, 0.4) is 0 Å². The first-order valence-corrected chi connectivity index (χ1v) is 7.36. The molecule has 1 atom stereocenters. The molecule has 1 aliphatic rings. The van der Waals surface area contributed by atoms with E-state index in [4.69, 9.17) is 15.3 Å². The van der Waals surface area contributed by atoms with Gasteiger partial charge in [-0.05, 0) is 13.3 Å². The normalized spacial score (nSPS) is 19.9. The van der Waals surface area contributed by atoms with Crippen molar-refractivity contribution in [3.05, 3.63) is 18.2 Å². The monoisotopic (exact) mass is 282 g/mol. The molecule has 2 rings (SSSR count). The molecule has 0 aromatic carbocycles. The number of aryl methyl sites for hydroxylation is 2. The third kappa shape index (κ3) is 3.38. The molecular weight excluding hydrogens is 256 g/mol. The zero-order valence-electron chi connectivity index (χ0n) is 12.5. The van der Waals surface area contributed by atoms with Crippen LogP contribution in [0.5, 0.6) is 0 Å². The van der Waals surface area contributed by atoms with Crippen LogP contribution in [0, 0.1) is 0 Å². The molecule has 3 N–H and O–H groups in total. The average Bonchev–Trinajstić information content (AvgIpc) is 2.86. The molecule has 0 spiro atoms. The van der Waals surface area contributed by atoms with Crippen molar-refractivity contribution in [2.24, 2.45) is 12.9 Å². The van der Waals surface area contributed by atoms with Crippen LogP contribution in [-0.4, -0.2) is 41.0 Å². The van der Waals surface area contributed by atoms with E-state index in [0.29, 0.717) is 6.61 Å². The highest BCUT2D eigenvalue weighted by Crippen LogP contribution is 2.30. The van der Waals surface area contributed by atoms with E-state index in [2.05, 4.69) is 10.4 Å².